The van der Waals surface area contributed by atoms with Gasteiger partial charge < -0.3 is 11.5 Å². The first-order valence-corrected chi connectivity index (χ1v) is 3.37. The Labute approximate surface area is 55.4 Å². The van der Waals surface area contributed by atoms with Gasteiger partial charge in [-0.3, -0.25) is 0 Å². The molecule has 0 aromatic rings. The van der Waals surface area contributed by atoms with E-state index >= 15 is 0 Å². The summed E-state index contributed by atoms with van der Waals surface area (Å²) < 4.78 is 11.9. The second-order valence-electron chi connectivity index (χ2n) is 2.15. The summed E-state index contributed by atoms with van der Waals surface area (Å²) in [5.41, 5.74) is 10.1. The maximum Gasteiger partial charge on any atom is 0.148 e. The largest absolute Gasteiger partial charge is 0.330 e. The first-order valence-electron chi connectivity index (χ1n) is 3.37. The molecule has 0 bridgehead atoms. The quantitative estimate of drug-likeness (QED) is 0.431. The maximum atomic E-state index is 11.9. The highest BCUT2D eigenvalue weighted by Gasteiger charge is 1.95. The molecule has 0 heterocycles. The molecule has 0 aliphatic carbocycles. The van der Waals surface area contributed by atoms with Gasteiger partial charge in [-0.1, -0.05) is 6.42 Å². The molecular weight excluding hydrogens is 119 g/mol. The Kier molecular flexibility index (Phi) is 5.88. The Morgan fingerprint density at radius 2 is 1.89 bits per heavy atom. The molecule has 0 aliphatic heterocycles. The SMILES string of the molecule is NCCCCCC(N)F. The lowest BCUT2D eigenvalue weighted by molar-refractivity contribution is 0.314. The van der Waals surface area contributed by atoms with E-state index in [0.29, 0.717) is 13.0 Å². The first kappa shape index (κ1) is 8.85. The number of halogens is 1. The van der Waals surface area contributed by atoms with Crippen molar-refractivity contribution in [1.82, 2.24) is 0 Å². The summed E-state index contributed by atoms with van der Waals surface area (Å²) in [6.07, 6.45) is 2.16. The highest BCUT2D eigenvalue weighted by Crippen LogP contribution is 2.01. The fourth-order valence-electron chi connectivity index (χ4n) is 0.660. The van der Waals surface area contributed by atoms with Crippen LogP contribution in [0.15, 0.2) is 0 Å². The summed E-state index contributed by atoms with van der Waals surface area (Å²) in [6.45, 7) is 0.696. The number of nitrogens with two attached hydrogens (primary N) is 2. The van der Waals surface area contributed by atoms with E-state index in [0.717, 1.165) is 19.3 Å². The second kappa shape index (κ2) is 5.98. The van der Waals surface area contributed by atoms with Crippen molar-refractivity contribution in [3.05, 3.63) is 0 Å². The van der Waals surface area contributed by atoms with Crippen LogP contribution in [0.4, 0.5) is 4.39 Å². The van der Waals surface area contributed by atoms with Crippen LogP contribution in [0.3, 0.4) is 0 Å². The van der Waals surface area contributed by atoms with Gasteiger partial charge in [-0.25, -0.2) is 4.39 Å². The fourth-order valence-corrected chi connectivity index (χ4v) is 0.660. The van der Waals surface area contributed by atoms with Crippen molar-refractivity contribution in [2.24, 2.45) is 11.5 Å². The Bertz CT molecular complexity index is 57.0. The summed E-state index contributed by atoms with van der Waals surface area (Å²) in [4.78, 5) is 0. The lowest BCUT2D eigenvalue weighted by atomic mass is 10.2. The molecule has 2 nitrogen and oxygen atoms in total. The number of unbranched alkanes of at least 4 members (excludes halogenated alkanes) is 2. The third-order valence-corrected chi connectivity index (χ3v) is 1.18. The molecule has 0 aromatic carbocycles. The minimum Gasteiger partial charge on any atom is -0.330 e. The molecule has 1 unspecified atom stereocenters. The normalized spacial score (nSPS) is 13.7. The Hall–Kier alpha value is -0.150. The van der Waals surface area contributed by atoms with E-state index < -0.39 is 6.30 Å². The topological polar surface area (TPSA) is 52.0 Å². The average molecular weight is 134 g/mol. The number of rotatable bonds is 5. The van der Waals surface area contributed by atoms with Gasteiger partial charge in [0.15, 0.2) is 0 Å². The molecule has 0 saturated carbocycles. The van der Waals surface area contributed by atoms with Crippen LogP contribution in [-0.4, -0.2) is 12.8 Å². The Morgan fingerprint density at radius 1 is 1.22 bits per heavy atom. The summed E-state index contributed by atoms with van der Waals surface area (Å²) >= 11 is 0. The van der Waals surface area contributed by atoms with Crippen LogP contribution < -0.4 is 11.5 Å². The Morgan fingerprint density at radius 3 is 2.33 bits per heavy atom. The predicted molar refractivity (Wildman–Crippen MR) is 36.6 cm³/mol. The molecule has 4 N–H and O–H groups in total. The molecule has 9 heavy (non-hydrogen) atoms. The third-order valence-electron chi connectivity index (χ3n) is 1.18. The van der Waals surface area contributed by atoms with Crippen molar-refractivity contribution in [1.29, 1.82) is 0 Å². The maximum absolute atomic E-state index is 11.9. The summed E-state index contributed by atoms with van der Waals surface area (Å²) in [5, 5.41) is 0. The highest BCUT2D eigenvalue weighted by molar-refractivity contribution is 4.47. The van der Waals surface area contributed by atoms with Crippen LogP contribution in [-0.2, 0) is 0 Å². The van der Waals surface area contributed by atoms with E-state index in [2.05, 4.69) is 0 Å². The van der Waals surface area contributed by atoms with Gasteiger partial charge >= 0.3 is 0 Å². The molecule has 1 atom stereocenters. The smallest absolute Gasteiger partial charge is 0.148 e. The predicted octanol–water partition coefficient (Wildman–Crippen LogP) is 0.760. The van der Waals surface area contributed by atoms with Crippen LogP contribution in [0.2, 0.25) is 0 Å². The molecular formula is C6H15FN2. The number of alkyl halides is 1. The zero-order valence-corrected chi connectivity index (χ0v) is 5.65. The molecule has 0 radical (unpaired) electrons. The summed E-state index contributed by atoms with van der Waals surface area (Å²) in [5.74, 6) is 0. The van der Waals surface area contributed by atoms with Crippen LogP contribution in [0.5, 0.6) is 0 Å². The van der Waals surface area contributed by atoms with Gasteiger partial charge in [0.25, 0.3) is 0 Å². The minimum absolute atomic E-state index is 0.472. The standard InChI is InChI=1S/C6H15FN2/c7-6(9)4-2-1-3-5-8/h6H,1-5,8-9H2. The van der Waals surface area contributed by atoms with Crippen molar-refractivity contribution in [3.8, 4) is 0 Å². The van der Waals surface area contributed by atoms with Gasteiger partial charge in [-0.2, -0.15) is 0 Å². The van der Waals surface area contributed by atoms with Gasteiger partial charge in [-0.05, 0) is 25.8 Å². The summed E-state index contributed by atoms with van der Waals surface area (Å²) in [6, 6.07) is 0. The zero-order valence-electron chi connectivity index (χ0n) is 5.65. The van der Waals surface area contributed by atoms with E-state index in [1.54, 1.807) is 0 Å². The molecule has 0 amide bonds. The molecule has 0 saturated heterocycles. The summed E-state index contributed by atoms with van der Waals surface area (Å²) in [7, 11) is 0. The van der Waals surface area contributed by atoms with Crippen LogP contribution >= 0.6 is 0 Å². The molecule has 3 heteroatoms. The molecule has 0 rings (SSSR count). The monoisotopic (exact) mass is 134 g/mol. The van der Waals surface area contributed by atoms with Crippen LogP contribution in [0.1, 0.15) is 25.7 Å². The van der Waals surface area contributed by atoms with Gasteiger partial charge in [0.2, 0.25) is 0 Å². The number of hydrogen-bond donors (Lipinski definition) is 2. The van der Waals surface area contributed by atoms with Crippen LogP contribution in [0.25, 0.3) is 0 Å². The van der Waals surface area contributed by atoms with Gasteiger partial charge in [-0.15, -0.1) is 0 Å². The molecule has 0 fully saturated rings. The highest BCUT2D eigenvalue weighted by atomic mass is 19.1. The van der Waals surface area contributed by atoms with Crippen molar-refractivity contribution in [2.75, 3.05) is 6.54 Å². The van der Waals surface area contributed by atoms with E-state index in [4.69, 9.17) is 11.5 Å². The van der Waals surface area contributed by atoms with E-state index in [9.17, 15) is 4.39 Å². The molecule has 56 valence electrons. The van der Waals surface area contributed by atoms with Crippen molar-refractivity contribution >= 4 is 0 Å². The average Bonchev–Trinajstić information content (AvgIpc) is 1.80. The Balaban J connectivity index is 2.75. The van der Waals surface area contributed by atoms with E-state index in [-0.39, 0.29) is 0 Å². The first-order chi connectivity index (χ1) is 4.27. The van der Waals surface area contributed by atoms with Crippen molar-refractivity contribution < 1.29 is 4.39 Å². The van der Waals surface area contributed by atoms with Crippen LogP contribution in [0, 0.1) is 0 Å². The lowest BCUT2D eigenvalue weighted by Crippen LogP contribution is -2.12. The van der Waals surface area contributed by atoms with Gasteiger partial charge in [0.1, 0.15) is 6.30 Å². The second-order valence-corrected chi connectivity index (χ2v) is 2.15. The van der Waals surface area contributed by atoms with Gasteiger partial charge in [0, 0.05) is 0 Å². The molecule has 0 aromatic heterocycles. The lowest BCUT2D eigenvalue weighted by Gasteiger charge is -1.99. The number of hydrogen-bond acceptors (Lipinski definition) is 2. The van der Waals surface area contributed by atoms with E-state index in [1.807, 2.05) is 0 Å². The van der Waals surface area contributed by atoms with Gasteiger partial charge in [0.05, 0.1) is 0 Å². The van der Waals surface area contributed by atoms with Crippen molar-refractivity contribution in [3.63, 3.8) is 0 Å². The zero-order chi connectivity index (χ0) is 7.11. The van der Waals surface area contributed by atoms with Crippen molar-refractivity contribution in [2.45, 2.75) is 32.0 Å². The molecule has 0 aliphatic rings. The minimum atomic E-state index is -1.14. The van der Waals surface area contributed by atoms with E-state index in [1.165, 1.54) is 0 Å². The molecule has 0 spiro atoms. The fraction of sp³-hybridized carbons (Fsp3) is 1.00. The third kappa shape index (κ3) is 7.85.